The van der Waals surface area contributed by atoms with Gasteiger partial charge in [-0.25, -0.2) is 0 Å². The first-order chi connectivity index (χ1) is 4.77. The molecule has 2 atom stereocenters. The number of aliphatic hydroxyl groups is 2. The Labute approximate surface area is 58.4 Å². The average Bonchev–Trinajstić information content (AvgIpc) is 2.30. The fourth-order valence-electron chi connectivity index (χ4n) is 1.03. The first-order valence-corrected chi connectivity index (χ1v) is 3.19. The molecule has 0 unspecified atom stereocenters. The van der Waals surface area contributed by atoms with Crippen LogP contribution in [0.5, 0.6) is 0 Å². The van der Waals surface area contributed by atoms with Gasteiger partial charge in [-0.05, 0) is 0 Å². The fraction of sp³-hybridized carbons (Fsp3) is 0.833. The molecule has 1 heterocycles. The summed E-state index contributed by atoms with van der Waals surface area (Å²) in [6.07, 6.45) is -0.264. The molecule has 10 heavy (non-hydrogen) atoms. The standard InChI is InChI=1S/C6H10O4/c7-2-4-1-6(9)10-5(4)3-8/h4-5,7-8H,1-3H2/t4-,5-/m1/s1. The zero-order valence-corrected chi connectivity index (χ0v) is 5.49. The molecule has 2 N–H and O–H groups in total. The van der Waals surface area contributed by atoms with Gasteiger partial charge in [-0.15, -0.1) is 0 Å². The van der Waals surface area contributed by atoms with Crippen LogP contribution in [-0.2, 0) is 9.53 Å². The Balaban J connectivity index is 2.48. The van der Waals surface area contributed by atoms with Crippen LogP contribution >= 0.6 is 0 Å². The molecule has 1 saturated heterocycles. The van der Waals surface area contributed by atoms with Gasteiger partial charge in [-0.3, -0.25) is 4.79 Å². The van der Waals surface area contributed by atoms with E-state index < -0.39 is 6.10 Å². The topological polar surface area (TPSA) is 66.8 Å². The van der Waals surface area contributed by atoms with Crippen LogP contribution in [0.3, 0.4) is 0 Å². The van der Waals surface area contributed by atoms with Crippen molar-refractivity contribution in [3.63, 3.8) is 0 Å². The van der Waals surface area contributed by atoms with Crippen LogP contribution in [-0.4, -0.2) is 35.5 Å². The molecule has 1 rings (SSSR count). The molecule has 0 bridgehead atoms. The highest BCUT2D eigenvalue weighted by Crippen LogP contribution is 2.20. The highest BCUT2D eigenvalue weighted by atomic mass is 16.6. The van der Waals surface area contributed by atoms with Crippen molar-refractivity contribution < 1.29 is 19.7 Å². The van der Waals surface area contributed by atoms with Gasteiger partial charge in [0.25, 0.3) is 0 Å². The summed E-state index contributed by atoms with van der Waals surface area (Å²) in [5.74, 6) is -0.546. The Hall–Kier alpha value is -0.610. The third-order valence-corrected chi connectivity index (χ3v) is 1.65. The molecule has 0 aromatic carbocycles. The molecular weight excluding hydrogens is 136 g/mol. The van der Waals surface area contributed by atoms with E-state index in [1.165, 1.54) is 0 Å². The molecule has 0 spiro atoms. The Morgan fingerprint density at radius 1 is 1.50 bits per heavy atom. The minimum atomic E-state index is -0.488. The minimum absolute atomic E-state index is 0.100. The van der Waals surface area contributed by atoms with Gasteiger partial charge in [-0.2, -0.15) is 0 Å². The summed E-state index contributed by atoms with van der Waals surface area (Å²) in [6.45, 7) is -0.298. The third-order valence-electron chi connectivity index (χ3n) is 1.65. The summed E-state index contributed by atoms with van der Waals surface area (Å²) in [7, 11) is 0. The summed E-state index contributed by atoms with van der Waals surface area (Å²) < 4.78 is 4.67. The van der Waals surface area contributed by atoms with Gasteiger partial charge in [0, 0.05) is 5.92 Å². The molecule has 0 radical (unpaired) electrons. The Bertz CT molecular complexity index is 120. The first-order valence-electron chi connectivity index (χ1n) is 3.19. The van der Waals surface area contributed by atoms with Crippen molar-refractivity contribution in [2.75, 3.05) is 13.2 Å². The van der Waals surface area contributed by atoms with Crippen molar-refractivity contribution in [2.24, 2.45) is 5.92 Å². The molecule has 4 nitrogen and oxygen atoms in total. The summed E-state index contributed by atoms with van der Waals surface area (Å²) in [5.41, 5.74) is 0. The van der Waals surface area contributed by atoms with Gasteiger partial charge in [0.05, 0.1) is 19.6 Å². The lowest BCUT2D eigenvalue weighted by Gasteiger charge is -2.10. The van der Waals surface area contributed by atoms with Crippen molar-refractivity contribution >= 4 is 5.97 Å². The number of aliphatic hydroxyl groups excluding tert-OH is 2. The van der Waals surface area contributed by atoms with E-state index in [1.807, 2.05) is 0 Å². The van der Waals surface area contributed by atoms with E-state index in [-0.39, 0.29) is 31.5 Å². The molecule has 0 aliphatic carbocycles. The van der Waals surface area contributed by atoms with E-state index in [1.54, 1.807) is 0 Å². The van der Waals surface area contributed by atoms with E-state index in [2.05, 4.69) is 4.74 Å². The second-order valence-electron chi connectivity index (χ2n) is 2.36. The quantitative estimate of drug-likeness (QED) is 0.485. The number of cyclic esters (lactones) is 1. The molecule has 1 fully saturated rings. The van der Waals surface area contributed by atoms with Gasteiger partial charge in [-0.1, -0.05) is 0 Å². The summed E-state index contributed by atoms with van der Waals surface area (Å²) in [6, 6.07) is 0. The number of esters is 1. The number of carbonyl (C=O) groups is 1. The third kappa shape index (κ3) is 1.27. The lowest BCUT2D eigenvalue weighted by molar-refractivity contribution is -0.142. The van der Waals surface area contributed by atoms with Crippen LogP contribution < -0.4 is 0 Å². The van der Waals surface area contributed by atoms with E-state index in [9.17, 15) is 4.79 Å². The smallest absolute Gasteiger partial charge is 0.306 e. The maximum Gasteiger partial charge on any atom is 0.306 e. The number of hydrogen-bond donors (Lipinski definition) is 2. The zero-order valence-electron chi connectivity index (χ0n) is 5.49. The number of hydrogen-bond acceptors (Lipinski definition) is 4. The molecule has 1 aliphatic rings. The lowest BCUT2D eigenvalue weighted by atomic mass is 10.0. The van der Waals surface area contributed by atoms with Crippen LogP contribution in [0.2, 0.25) is 0 Å². The maximum atomic E-state index is 10.5. The average molecular weight is 146 g/mol. The Morgan fingerprint density at radius 2 is 2.20 bits per heavy atom. The Kier molecular flexibility index (Phi) is 2.24. The summed E-state index contributed by atoms with van der Waals surface area (Å²) in [5, 5.41) is 17.2. The molecular formula is C6H10O4. The number of carbonyl (C=O) groups excluding carboxylic acids is 1. The van der Waals surface area contributed by atoms with Crippen molar-refractivity contribution in [2.45, 2.75) is 12.5 Å². The van der Waals surface area contributed by atoms with Crippen molar-refractivity contribution in [3.8, 4) is 0 Å². The van der Waals surface area contributed by atoms with Crippen molar-refractivity contribution in [1.82, 2.24) is 0 Å². The molecule has 0 saturated carbocycles. The van der Waals surface area contributed by atoms with E-state index in [0.717, 1.165) is 0 Å². The largest absolute Gasteiger partial charge is 0.459 e. The monoisotopic (exact) mass is 146 g/mol. The van der Waals surface area contributed by atoms with Gasteiger partial charge in [0.2, 0.25) is 0 Å². The second-order valence-corrected chi connectivity index (χ2v) is 2.36. The fourth-order valence-corrected chi connectivity index (χ4v) is 1.03. The molecule has 0 aromatic heterocycles. The highest BCUT2D eigenvalue weighted by molar-refractivity contribution is 5.72. The van der Waals surface area contributed by atoms with Gasteiger partial charge >= 0.3 is 5.97 Å². The maximum absolute atomic E-state index is 10.5. The normalized spacial score (nSPS) is 32.4. The number of ether oxygens (including phenoxy) is 1. The van der Waals surface area contributed by atoms with Crippen molar-refractivity contribution in [3.05, 3.63) is 0 Å². The van der Waals surface area contributed by atoms with Crippen LogP contribution in [0.25, 0.3) is 0 Å². The van der Waals surface area contributed by atoms with Crippen LogP contribution in [0.1, 0.15) is 6.42 Å². The molecule has 0 aromatic rings. The van der Waals surface area contributed by atoms with Crippen LogP contribution in [0.15, 0.2) is 0 Å². The molecule has 1 aliphatic heterocycles. The summed E-state index contributed by atoms with van der Waals surface area (Å²) >= 11 is 0. The van der Waals surface area contributed by atoms with Gasteiger partial charge in [0.15, 0.2) is 0 Å². The zero-order chi connectivity index (χ0) is 7.56. The van der Waals surface area contributed by atoms with E-state index in [0.29, 0.717) is 0 Å². The van der Waals surface area contributed by atoms with Crippen molar-refractivity contribution in [1.29, 1.82) is 0 Å². The molecule has 58 valence electrons. The van der Waals surface area contributed by atoms with Crippen LogP contribution in [0.4, 0.5) is 0 Å². The highest BCUT2D eigenvalue weighted by Gasteiger charge is 2.33. The SMILES string of the molecule is O=C1C[C@H](CO)[C@@H](CO)O1. The molecule has 4 heteroatoms. The van der Waals surface area contributed by atoms with Gasteiger partial charge in [0.1, 0.15) is 6.10 Å². The predicted molar refractivity (Wildman–Crippen MR) is 32.2 cm³/mol. The summed E-state index contributed by atoms with van der Waals surface area (Å²) in [4.78, 5) is 10.5. The van der Waals surface area contributed by atoms with E-state index in [4.69, 9.17) is 10.2 Å². The van der Waals surface area contributed by atoms with Crippen LogP contribution in [0, 0.1) is 5.92 Å². The van der Waals surface area contributed by atoms with E-state index >= 15 is 0 Å². The Morgan fingerprint density at radius 3 is 2.60 bits per heavy atom. The first kappa shape index (κ1) is 7.50. The second kappa shape index (κ2) is 2.98. The number of rotatable bonds is 2. The minimum Gasteiger partial charge on any atom is -0.459 e. The van der Waals surface area contributed by atoms with Gasteiger partial charge < -0.3 is 14.9 Å². The lowest BCUT2D eigenvalue weighted by Crippen LogP contribution is -2.22. The molecule has 0 amide bonds. The predicted octanol–water partition coefficient (Wildman–Crippen LogP) is -1.10.